The van der Waals surface area contributed by atoms with Crippen LogP contribution in [0.15, 0.2) is 50.9 Å². The lowest BCUT2D eigenvalue weighted by Crippen LogP contribution is -2.54. The predicted molar refractivity (Wildman–Crippen MR) is 94.6 cm³/mol. The average molecular weight is 487 g/mol. The Morgan fingerprint density at radius 3 is 2.61 bits per heavy atom. The van der Waals surface area contributed by atoms with Gasteiger partial charge in [0, 0.05) is 4.47 Å². The lowest BCUT2D eigenvalue weighted by atomic mass is 10.1. The van der Waals surface area contributed by atoms with Crippen molar-refractivity contribution >= 4 is 68.1 Å². The number of amides is 4. The fourth-order valence-electron chi connectivity index (χ4n) is 2.06. The molecule has 0 radical (unpaired) electrons. The van der Waals surface area contributed by atoms with Crippen molar-refractivity contribution in [3.05, 3.63) is 56.0 Å². The Bertz CT molecular complexity index is 859. The maximum atomic E-state index is 12.6. The first-order chi connectivity index (χ1) is 11.0. The van der Waals surface area contributed by atoms with Crippen LogP contribution in [0.1, 0.15) is 5.76 Å². The third-order valence-corrected chi connectivity index (χ3v) is 4.12. The Balaban J connectivity index is 2.02. The first-order valence-corrected chi connectivity index (χ1v) is 8.25. The number of anilines is 1. The third kappa shape index (κ3) is 3.22. The normalized spacial score (nSPS) is 16.9. The Morgan fingerprint density at radius 2 is 1.96 bits per heavy atom. The summed E-state index contributed by atoms with van der Waals surface area (Å²) in [5, 5.41) is 2.15. The van der Waals surface area contributed by atoms with E-state index in [-0.39, 0.29) is 5.57 Å². The van der Waals surface area contributed by atoms with Crippen LogP contribution in [0.5, 0.6) is 0 Å². The van der Waals surface area contributed by atoms with Gasteiger partial charge in [0.1, 0.15) is 11.3 Å². The zero-order chi connectivity index (χ0) is 16.6. The van der Waals surface area contributed by atoms with Gasteiger partial charge in [-0.25, -0.2) is 9.69 Å². The molecule has 0 atom stereocenters. The molecule has 4 amide bonds. The summed E-state index contributed by atoms with van der Waals surface area (Å²) >= 11 is 5.26. The smallest absolute Gasteiger partial charge is 0.335 e. The largest absolute Gasteiger partial charge is 0.451 e. The molecule has 1 aromatic heterocycles. The monoisotopic (exact) mass is 486 g/mol. The molecule has 8 heteroatoms. The molecule has 0 saturated carbocycles. The highest BCUT2D eigenvalue weighted by Crippen LogP contribution is 2.25. The lowest BCUT2D eigenvalue weighted by molar-refractivity contribution is -0.122. The van der Waals surface area contributed by atoms with Gasteiger partial charge < -0.3 is 4.42 Å². The molecular formula is C15H8BrIN2O4. The number of hydrogen-bond donors (Lipinski definition) is 1. The van der Waals surface area contributed by atoms with E-state index in [2.05, 4.69) is 21.2 Å². The van der Waals surface area contributed by atoms with Crippen molar-refractivity contribution in [2.75, 3.05) is 4.90 Å². The third-order valence-electron chi connectivity index (χ3n) is 3.05. The molecule has 0 aliphatic carbocycles. The molecule has 2 heterocycles. The van der Waals surface area contributed by atoms with Gasteiger partial charge in [0.05, 0.1) is 5.69 Å². The van der Waals surface area contributed by atoms with E-state index < -0.39 is 17.8 Å². The van der Waals surface area contributed by atoms with E-state index in [4.69, 9.17) is 4.42 Å². The van der Waals surface area contributed by atoms with Crippen LogP contribution in [0, 0.1) is 3.77 Å². The molecular weight excluding hydrogens is 479 g/mol. The van der Waals surface area contributed by atoms with Crippen molar-refractivity contribution in [3.8, 4) is 0 Å². The molecule has 0 spiro atoms. The first kappa shape index (κ1) is 15.9. The van der Waals surface area contributed by atoms with Gasteiger partial charge in [0.2, 0.25) is 0 Å². The van der Waals surface area contributed by atoms with Crippen molar-refractivity contribution in [1.82, 2.24) is 5.32 Å². The molecule has 1 N–H and O–H groups in total. The minimum atomic E-state index is -0.788. The van der Waals surface area contributed by atoms with Crippen molar-refractivity contribution in [1.29, 1.82) is 0 Å². The highest BCUT2D eigenvalue weighted by molar-refractivity contribution is 14.1. The number of nitrogens with zero attached hydrogens (tertiary/aromatic N) is 1. The van der Waals surface area contributed by atoms with E-state index in [1.807, 2.05) is 22.6 Å². The fraction of sp³-hybridized carbons (Fsp3) is 0. The van der Waals surface area contributed by atoms with Gasteiger partial charge in [-0.1, -0.05) is 22.0 Å². The van der Waals surface area contributed by atoms with Crippen LogP contribution in [-0.4, -0.2) is 17.8 Å². The van der Waals surface area contributed by atoms with E-state index in [9.17, 15) is 14.4 Å². The highest BCUT2D eigenvalue weighted by atomic mass is 127. The number of nitrogens with one attached hydrogen (secondary N) is 1. The number of benzene rings is 1. The number of hydrogen-bond acceptors (Lipinski definition) is 4. The summed E-state index contributed by atoms with van der Waals surface area (Å²) < 4.78 is 6.67. The molecule has 1 fully saturated rings. The summed E-state index contributed by atoms with van der Waals surface area (Å²) in [5.74, 6) is -1.10. The maximum absolute atomic E-state index is 12.6. The van der Waals surface area contributed by atoms with E-state index in [1.54, 1.807) is 36.4 Å². The molecule has 0 unspecified atom stereocenters. The Hall–Kier alpha value is -1.94. The number of urea groups is 1. The van der Waals surface area contributed by atoms with Gasteiger partial charge in [-0.15, -0.1) is 0 Å². The van der Waals surface area contributed by atoms with Crippen LogP contribution in [0.25, 0.3) is 6.08 Å². The predicted octanol–water partition coefficient (Wildman–Crippen LogP) is 3.31. The van der Waals surface area contributed by atoms with Gasteiger partial charge in [-0.05, 0) is 59.0 Å². The summed E-state index contributed by atoms with van der Waals surface area (Å²) in [6.07, 6.45) is 1.32. The van der Waals surface area contributed by atoms with Crippen LogP contribution in [-0.2, 0) is 9.59 Å². The molecule has 116 valence electrons. The van der Waals surface area contributed by atoms with Gasteiger partial charge in [0.25, 0.3) is 11.8 Å². The summed E-state index contributed by atoms with van der Waals surface area (Å²) in [6.45, 7) is 0. The first-order valence-electron chi connectivity index (χ1n) is 6.38. The quantitative estimate of drug-likeness (QED) is 0.401. The number of halogens is 2. The van der Waals surface area contributed by atoms with Crippen LogP contribution < -0.4 is 10.2 Å². The van der Waals surface area contributed by atoms with Crippen molar-refractivity contribution in [2.45, 2.75) is 0 Å². The Kier molecular flexibility index (Phi) is 4.35. The van der Waals surface area contributed by atoms with Gasteiger partial charge in [0.15, 0.2) is 3.77 Å². The molecule has 1 saturated heterocycles. The molecule has 23 heavy (non-hydrogen) atoms. The number of imide groups is 2. The zero-order valence-corrected chi connectivity index (χ0v) is 15.1. The minimum absolute atomic E-state index is 0.171. The molecule has 1 aromatic carbocycles. The second kappa shape index (κ2) is 6.28. The minimum Gasteiger partial charge on any atom is -0.451 e. The van der Waals surface area contributed by atoms with Gasteiger partial charge >= 0.3 is 6.03 Å². The molecule has 3 rings (SSSR count). The maximum Gasteiger partial charge on any atom is 0.335 e. The van der Waals surface area contributed by atoms with E-state index in [0.29, 0.717) is 19.7 Å². The summed E-state index contributed by atoms with van der Waals surface area (Å²) in [7, 11) is 0. The standard InChI is InChI=1S/C15H8BrIN2O4/c16-8-2-1-3-9(6-8)19-14(21)11(13(20)18-15(19)22)7-10-4-5-12(17)23-10/h1-7H,(H,18,20,22). The zero-order valence-electron chi connectivity index (χ0n) is 11.4. The van der Waals surface area contributed by atoms with E-state index in [0.717, 1.165) is 4.90 Å². The van der Waals surface area contributed by atoms with Crippen molar-refractivity contribution in [2.24, 2.45) is 0 Å². The number of carbonyl (C=O) groups excluding carboxylic acids is 3. The highest BCUT2D eigenvalue weighted by Gasteiger charge is 2.37. The topological polar surface area (TPSA) is 79.6 Å². The van der Waals surface area contributed by atoms with Crippen LogP contribution in [0.4, 0.5) is 10.5 Å². The van der Waals surface area contributed by atoms with Crippen LogP contribution >= 0.6 is 38.5 Å². The summed E-state index contributed by atoms with van der Waals surface area (Å²) in [6, 6.07) is 9.22. The molecule has 2 aromatic rings. The lowest BCUT2D eigenvalue weighted by Gasteiger charge is -2.26. The Labute approximate surface area is 152 Å². The number of furan rings is 1. The average Bonchev–Trinajstić information content (AvgIpc) is 2.89. The van der Waals surface area contributed by atoms with E-state index in [1.165, 1.54) is 6.08 Å². The summed E-state index contributed by atoms with van der Waals surface area (Å²) in [5.41, 5.74) is 0.185. The molecule has 1 aliphatic heterocycles. The van der Waals surface area contributed by atoms with Crippen molar-refractivity contribution in [3.63, 3.8) is 0 Å². The summed E-state index contributed by atoms with van der Waals surface area (Å²) in [4.78, 5) is 37.5. The molecule has 0 bridgehead atoms. The number of rotatable bonds is 2. The van der Waals surface area contributed by atoms with Crippen molar-refractivity contribution < 1.29 is 18.8 Å². The molecule has 1 aliphatic rings. The second-order valence-corrected chi connectivity index (χ2v) is 6.56. The second-order valence-electron chi connectivity index (χ2n) is 4.58. The Morgan fingerprint density at radius 1 is 1.17 bits per heavy atom. The fourth-order valence-corrected chi connectivity index (χ4v) is 2.88. The van der Waals surface area contributed by atoms with Crippen LogP contribution in [0.3, 0.4) is 0 Å². The molecule has 6 nitrogen and oxygen atoms in total. The van der Waals surface area contributed by atoms with E-state index >= 15 is 0 Å². The number of carbonyl (C=O) groups is 3. The van der Waals surface area contributed by atoms with Gasteiger partial charge in [-0.2, -0.15) is 0 Å². The number of barbiturate groups is 1. The van der Waals surface area contributed by atoms with Gasteiger partial charge in [-0.3, -0.25) is 14.9 Å². The SMILES string of the molecule is O=C1NC(=O)N(c2cccc(Br)c2)C(=O)C1=Cc1ccc(I)o1. The van der Waals surface area contributed by atoms with Crippen LogP contribution in [0.2, 0.25) is 0 Å².